The number of aliphatic hydroxyl groups excluding tert-OH is 1. The van der Waals surface area contributed by atoms with Crippen LogP contribution >= 0.6 is 0 Å². The second kappa shape index (κ2) is 13.6. The minimum absolute atomic E-state index is 0.411. The van der Waals surface area contributed by atoms with Gasteiger partial charge in [-0.2, -0.15) is 5.26 Å². The van der Waals surface area contributed by atoms with Crippen molar-refractivity contribution in [2.75, 3.05) is 19.7 Å². The van der Waals surface area contributed by atoms with Gasteiger partial charge in [0.1, 0.15) is 24.2 Å². The van der Waals surface area contributed by atoms with Crippen LogP contribution in [0.5, 0.6) is 0 Å². The summed E-state index contributed by atoms with van der Waals surface area (Å²) in [7, 11) is 0. The summed E-state index contributed by atoms with van der Waals surface area (Å²) in [6.07, 6.45) is 1.84. The lowest BCUT2D eigenvalue weighted by Crippen LogP contribution is -2.54. The molecule has 3 amide bonds. The topological polar surface area (TPSA) is 132 Å². The lowest BCUT2D eigenvalue weighted by molar-refractivity contribution is -0.142. The first kappa shape index (κ1) is 28.9. The second-order valence-electron chi connectivity index (χ2n) is 9.27. The number of hydrogen-bond donors (Lipinski definition) is 3. The Labute approximate surface area is 202 Å². The van der Waals surface area contributed by atoms with Gasteiger partial charge in [-0.15, -0.1) is 0 Å². The van der Waals surface area contributed by atoms with Gasteiger partial charge in [0.25, 0.3) is 0 Å². The van der Waals surface area contributed by atoms with Crippen molar-refractivity contribution in [2.45, 2.75) is 78.5 Å². The maximum Gasteiger partial charge on any atom is 0.408 e. The van der Waals surface area contributed by atoms with E-state index < -0.39 is 48.7 Å². The van der Waals surface area contributed by atoms with E-state index in [0.717, 1.165) is 35.3 Å². The van der Waals surface area contributed by atoms with Crippen LogP contribution in [0.3, 0.4) is 0 Å². The second-order valence-corrected chi connectivity index (χ2v) is 9.27. The lowest BCUT2D eigenvalue weighted by atomic mass is 9.96. The van der Waals surface area contributed by atoms with E-state index in [4.69, 9.17) is 4.74 Å². The molecule has 2 unspecified atom stereocenters. The van der Waals surface area contributed by atoms with Gasteiger partial charge in [0, 0.05) is 6.54 Å². The lowest BCUT2D eigenvalue weighted by Gasteiger charge is -2.33. The summed E-state index contributed by atoms with van der Waals surface area (Å²) in [5.74, 6) is -1.19. The molecule has 0 aromatic heterocycles. The molecule has 188 valence electrons. The molecule has 0 spiro atoms. The van der Waals surface area contributed by atoms with Crippen molar-refractivity contribution in [3.05, 3.63) is 34.9 Å². The highest BCUT2D eigenvalue weighted by molar-refractivity contribution is 5.92. The highest BCUT2D eigenvalue weighted by Gasteiger charge is 2.36. The molecule has 0 bridgehead atoms. The van der Waals surface area contributed by atoms with Gasteiger partial charge >= 0.3 is 6.09 Å². The Hall–Kier alpha value is -3.12. The summed E-state index contributed by atoms with van der Waals surface area (Å²) in [6.45, 7) is 10.1. The number of hydrogen-bond acceptors (Lipinski definition) is 6. The van der Waals surface area contributed by atoms with Gasteiger partial charge in [-0.25, -0.2) is 4.79 Å². The number of carbonyl (C=O) groups is 3. The van der Waals surface area contributed by atoms with Gasteiger partial charge in [0.15, 0.2) is 0 Å². The quantitative estimate of drug-likeness (QED) is 0.334. The third kappa shape index (κ3) is 9.02. The van der Waals surface area contributed by atoms with Crippen molar-refractivity contribution in [1.82, 2.24) is 15.5 Å². The van der Waals surface area contributed by atoms with Crippen molar-refractivity contribution >= 4 is 17.9 Å². The molecule has 0 radical (unpaired) electrons. The SMILES string of the molecule is CCCCCNC(=O)C(c1cc(C)ccc1C)N(CC#N)C(=O)C(CO)NC(=O)OC(C)(C)C. The summed E-state index contributed by atoms with van der Waals surface area (Å²) in [5, 5.41) is 24.5. The Morgan fingerprint density at radius 3 is 2.44 bits per heavy atom. The zero-order valence-corrected chi connectivity index (χ0v) is 21.1. The zero-order valence-electron chi connectivity index (χ0n) is 21.1. The standard InChI is InChI=1S/C25H38N4O5/c1-7-8-9-13-27-22(31)21(19-15-17(2)10-11-18(19)3)29(14-12-26)23(32)20(16-30)28-24(33)34-25(4,5)6/h10-11,15,20-21,30H,7-9,13-14,16H2,1-6H3,(H,27,31)(H,28,33). The molecule has 9 nitrogen and oxygen atoms in total. The maximum atomic E-state index is 13.4. The van der Waals surface area contributed by atoms with Crippen molar-refractivity contribution in [1.29, 1.82) is 5.26 Å². The predicted molar refractivity (Wildman–Crippen MR) is 129 cm³/mol. The van der Waals surface area contributed by atoms with Crippen LogP contribution in [-0.2, 0) is 14.3 Å². The predicted octanol–water partition coefficient (Wildman–Crippen LogP) is 2.89. The Balaban J connectivity index is 3.34. The molecule has 0 fully saturated rings. The summed E-state index contributed by atoms with van der Waals surface area (Å²) < 4.78 is 5.19. The molecule has 0 aliphatic carbocycles. The number of alkyl carbamates (subject to hydrolysis) is 1. The van der Waals surface area contributed by atoms with E-state index in [-0.39, 0.29) is 0 Å². The van der Waals surface area contributed by atoms with Gasteiger partial charge in [0.2, 0.25) is 11.8 Å². The molecule has 0 saturated heterocycles. The molecule has 1 rings (SSSR count). The van der Waals surface area contributed by atoms with Crippen LogP contribution in [0.2, 0.25) is 0 Å². The van der Waals surface area contributed by atoms with Crippen molar-refractivity contribution in [3.8, 4) is 6.07 Å². The number of nitrogens with zero attached hydrogens (tertiary/aromatic N) is 2. The van der Waals surface area contributed by atoms with Gasteiger partial charge in [-0.1, -0.05) is 43.5 Å². The van der Waals surface area contributed by atoms with Crippen LogP contribution in [0, 0.1) is 25.2 Å². The number of carbonyl (C=O) groups excluding carboxylic acids is 3. The molecule has 0 saturated carbocycles. The minimum Gasteiger partial charge on any atom is -0.444 e. The number of nitriles is 1. The molecule has 0 aliphatic heterocycles. The Bertz CT molecular complexity index is 888. The van der Waals surface area contributed by atoms with E-state index in [1.807, 2.05) is 32.0 Å². The summed E-state index contributed by atoms with van der Waals surface area (Å²) >= 11 is 0. The number of aryl methyl sites for hydroxylation is 2. The van der Waals surface area contributed by atoms with Crippen LogP contribution < -0.4 is 10.6 Å². The monoisotopic (exact) mass is 474 g/mol. The molecule has 34 heavy (non-hydrogen) atoms. The minimum atomic E-state index is -1.39. The van der Waals surface area contributed by atoms with Crippen LogP contribution in [0.25, 0.3) is 0 Å². The Morgan fingerprint density at radius 1 is 1.21 bits per heavy atom. The average Bonchev–Trinajstić information content (AvgIpc) is 2.75. The average molecular weight is 475 g/mol. The highest BCUT2D eigenvalue weighted by Crippen LogP contribution is 2.26. The van der Waals surface area contributed by atoms with E-state index in [9.17, 15) is 24.8 Å². The summed E-state index contributed by atoms with van der Waals surface area (Å²) in [6, 6.07) is 4.99. The molecule has 0 aliphatic rings. The van der Waals surface area contributed by atoms with Crippen LogP contribution in [-0.4, -0.2) is 59.3 Å². The molecular formula is C25H38N4O5. The van der Waals surface area contributed by atoms with Gasteiger partial charge < -0.3 is 25.4 Å². The fourth-order valence-electron chi connectivity index (χ4n) is 3.40. The molecular weight excluding hydrogens is 436 g/mol. The Kier molecular flexibility index (Phi) is 11.5. The summed E-state index contributed by atoms with van der Waals surface area (Å²) in [4.78, 5) is 40.1. The fourth-order valence-corrected chi connectivity index (χ4v) is 3.40. The molecule has 0 heterocycles. The van der Waals surface area contributed by atoms with E-state index in [1.165, 1.54) is 0 Å². The molecule has 1 aromatic rings. The number of rotatable bonds is 11. The number of aliphatic hydroxyl groups is 1. The first-order valence-corrected chi connectivity index (χ1v) is 11.6. The van der Waals surface area contributed by atoms with Gasteiger partial charge in [-0.05, 0) is 52.2 Å². The van der Waals surface area contributed by atoms with Gasteiger partial charge in [-0.3, -0.25) is 9.59 Å². The number of unbranched alkanes of at least 4 members (excludes halogenated alkanes) is 2. The number of benzene rings is 1. The van der Waals surface area contributed by atoms with Crippen LogP contribution in [0.4, 0.5) is 4.79 Å². The van der Waals surface area contributed by atoms with Crippen LogP contribution in [0.15, 0.2) is 18.2 Å². The number of amides is 3. The Morgan fingerprint density at radius 2 is 1.88 bits per heavy atom. The van der Waals surface area contributed by atoms with E-state index >= 15 is 0 Å². The smallest absolute Gasteiger partial charge is 0.408 e. The fraction of sp³-hybridized carbons (Fsp3) is 0.600. The normalized spacial score (nSPS) is 12.8. The third-order valence-corrected chi connectivity index (χ3v) is 5.06. The first-order chi connectivity index (χ1) is 15.9. The maximum absolute atomic E-state index is 13.4. The molecule has 3 N–H and O–H groups in total. The van der Waals surface area contributed by atoms with Gasteiger partial charge in [0.05, 0.1) is 12.7 Å². The third-order valence-electron chi connectivity index (χ3n) is 5.06. The van der Waals surface area contributed by atoms with Crippen LogP contribution in [0.1, 0.15) is 69.7 Å². The number of nitrogens with one attached hydrogen (secondary N) is 2. The zero-order chi connectivity index (χ0) is 25.9. The summed E-state index contributed by atoms with van der Waals surface area (Å²) in [5.41, 5.74) is 1.43. The molecule has 2 atom stereocenters. The first-order valence-electron chi connectivity index (χ1n) is 11.6. The molecule has 9 heteroatoms. The van der Waals surface area contributed by atoms with Crippen molar-refractivity contribution < 1.29 is 24.2 Å². The van der Waals surface area contributed by atoms with Crippen molar-refractivity contribution in [2.24, 2.45) is 0 Å². The van der Waals surface area contributed by atoms with E-state index in [0.29, 0.717) is 12.1 Å². The highest BCUT2D eigenvalue weighted by atomic mass is 16.6. The molecule has 1 aromatic carbocycles. The largest absolute Gasteiger partial charge is 0.444 e. The van der Waals surface area contributed by atoms with E-state index in [1.54, 1.807) is 26.8 Å². The van der Waals surface area contributed by atoms with Crippen molar-refractivity contribution in [3.63, 3.8) is 0 Å². The number of ether oxygens (including phenoxy) is 1. The van der Waals surface area contributed by atoms with E-state index in [2.05, 4.69) is 17.6 Å².